The lowest BCUT2D eigenvalue weighted by Crippen LogP contribution is -2.53. The molecule has 2 atom stereocenters. The van der Waals surface area contributed by atoms with E-state index in [0.29, 0.717) is 24.0 Å². The van der Waals surface area contributed by atoms with Crippen LogP contribution in [0.3, 0.4) is 0 Å². The van der Waals surface area contributed by atoms with Crippen molar-refractivity contribution in [3.63, 3.8) is 0 Å². The Bertz CT molecular complexity index is 1130. The van der Waals surface area contributed by atoms with E-state index in [2.05, 4.69) is 4.72 Å². The van der Waals surface area contributed by atoms with E-state index in [1.807, 2.05) is 0 Å². The lowest BCUT2D eigenvalue weighted by atomic mass is 9.95. The number of hydrogen-bond donors (Lipinski definition) is 1. The number of benzene rings is 2. The molecule has 1 amide bonds. The highest BCUT2D eigenvalue weighted by Crippen LogP contribution is 2.38. The van der Waals surface area contributed by atoms with Crippen molar-refractivity contribution in [3.8, 4) is 11.1 Å². The van der Waals surface area contributed by atoms with Crippen LogP contribution in [-0.2, 0) is 21.2 Å². The van der Waals surface area contributed by atoms with E-state index in [1.54, 1.807) is 56.3 Å². The van der Waals surface area contributed by atoms with E-state index in [-0.39, 0.29) is 12.0 Å². The van der Waals surface area contributed by atoms with Gasteiger partial charge < -0.3 is 4.90 Å². The van der Waals surface area contributed by atoms with Gasteiger partial charge in [0.25, 0.3) is 5.92 Å². The predicted molar refractivity (Wildman–Crippen MR) is 120 cm³/mol. The fourth-order valence-corrected chi connectivity index (χ4v) is 5.96. The number of carbonyl (C=O) groups is 1. The van der Waals surface area contributed by atoms with Gasteiger partial charge in [-0.2, -0.15) is 0 Å². The Balaban J connectivity index is 1.72. The molecule has 0 bridgehead atoms. The van der Waals surface area contributed by atoms with Crippen LogP contribution >= 0.6 is 0 Å². The molecule has 1 saturated heterocycles. The number of halogens is 3. The number of nitrogens with zero attached hydrogens (tertiary/aromatic N) is 1. The first-order valence-corrected chi connectivity index (χ1v) is 12.6. The van der Waals surface area contributed by atoms with Crippen molar-refractivity contribution in [2.75, 3.05) is 6.54 Å². The molecular weight excluding hydrogens is 453 g/mol. The Hall–Kier alpha value is -2.39. The van der Waals surface area contributed by atoms with Gasteiger partial charge in [0, 0.05) is 11.5 Å². The zero-order valence-electron chi connectivity index (χ0n) is 18.5. The fraction of sp³-hybridized carbons (Fsp3) is 0.458. The first-order chi connectivity index (χ1) is 15.5. The third-order valence-electron chi connectivity index (χ3n) is 6.25. The van der Waals surface area contributed by atoms with E-state index in [9.17, 15) is 13.2 Å². The quantitative estimate of drug-likeness (QED) is 0.652. The number of nitrogens with one attached hydrogen (secondary N) is 1. The summed E-state index contributed by atoms with van der Waals surface area (Å²) in [7, 11) is -3.96. The van der Waals surface area contributed by atoms with Gasteiger partial charge in [-0.3, -0.25) is 4.79 Å². The van der Waals surface area contributed by atoms with Gasteiger partial charge in [0.05, 0.1) is 17.8 Å². The van der Waals surface area contributed by atoms with Crippen molar-refractivity contribution in [1.29, 1.82) is 0 Å². The van der Waals surface area contributed by atoms with Gasteiger partial charge in [0.15, 0.2) is 0 Å². The molecule has 0 radical (unpaired) electrons. The smallest absolute Gasteiger partial charge is 0.283 e. The molecule has 1 aliphatic heterocycles. The van der Waals surface area contributed by atoms with Crippen molar-refractivity contribution in [3.05, 3.63) is 59.9 Å². The van der Waals surface area contributed by atoms with Crippen LogP contribution in [0.4, 0.5) is 13.2 Å². The average Bonchev–Trinajstić information content (AvgIpc) is 3.59. The molecule has 1 N–H and O–H groups in total. The van der Waals surface area contributed by atoms with Gasteiger partial charge >= 0.3 is 0 Å². The Morgan fingerprint density at radius 3 is 2.39 bits per heavy atom. The second-order valence-corrected chi connectivity index (χ2v) is 11.1. The van der Waals surface area contributed by atoms with E-state index in [4.69, 9.17) is 0 Å². The lowest BCUT2D eigenvalue weighted by Gasteiger charge is -2.29. The van der Waals surface area contributed by atoms with Gasteiger partial charge in [0.2, 0.25) is 15.9 Å². The summed E-state index contributed by atoms with van der Waals surface area (Å²) in [5, 5.41) is -0.693. The monoisotopic (exact) mass is 480 g/mol. The summed E-state index contributed by atoms with van der Waals surface area (Å²) in [6.07, 6.45) is 0.597. The Morgan fingerprint density at radius 2 is 1.79 bits per heavy atom. The van der Waals surface area contributed by atoms with Crippen LogP contribution in [-0.4, -0.2) is 49.0 Å². The molecule has 33 heavy (non-hydrogen) atoms. The van der Waals surface area contributed by atoms with E-state index in [0.717, 1.165) is 4.90 Å². The van der Waals surface area contributed by atoms with Crippen LogP contribution in [0.2, 0.25) is 0 Å². The third-order valence-corrected chi connectivity index (χ3v) is 8.18. The molecular formula is C24H27F3N2O3S. The zero-order chi connectivity index (χ0) is 24.0. The second-order valence-electron chi connectivity index (χ2n) is 9.14. The summed E-state index contributed by atoms with van der Waals surface area (Å²) in [5.74, 6) is -5.14. The number of sulfonamides is 1. The van der Waals surface area contributed by atoms with Crippen molar-refractivity contribution in [1.82, 2.24) is 9.62 Å². The molecule has 9 heteroatoms. The minimum atomic E-state index is -3.96. The largest absolute Gasteiger partial charge is 0.331 e. The zero-order valence-corrected chi connectivity index (χ0v) is 19.3. The highest BCUT2D eigenvalue weighted by atomic mass is 32.2. The van der Waals surface area contributed by atoms with Crippen molar-refractivity contribution in [2.45, 2.75) is 56.4 Å². The van der Waals surface area contributed by atoms with E-state index >= 15 is 13.2 Å². The molecule has 0 spiro atoms. The normalized spacial score (nSPS) is 22.7. The summed E-state index contributed by atoms with van der Waals surface area (Å²) >= 11 is 0. The number of amides is 1. The maximum absolute atomic E-state index is 15.5. The Morgan fingerprint density at radius 1 is 1.12 bits per heavy atom. The number of carbonyl (C=O) groups excluding carboxylic acids is 1. The molecule has 178 valence electrons. The first kappa shape index (κ1) is 23.8. The van der Waals surface area contributed by atoms with Gasteiger partial charge in [-0.05, 0) is 30.4 Å². The molecule has 1 saturated carbocycles. The van der Waals surface area contributed by atoms with Crippen LogP contribution in [0.5, 0.6) is 0 Å². The maximum atomic E-state index is 15.5. The Labute approximate surface area is 192 Å². The lowest BCUT2D eigenvalue weighted by molar-refractivity contribution is -0.136. The van der Waals surface area contributed by atoms with Crippen molar-refractivity contribution < 1.29 is 26.4 Å². The second kappa shape index (κ2) is 8.76. The van der Waals surface area contributed by atoms with Crippen molar-refractivity contribution >= 4 is 15.9 Å². The predicted octanol–water partition coefficient (Wildman–Crippen LogP) is 3.99. The summed E-state index contributed by atoms with van der Waals surface area (Å²) in [6.45, 7) is 2.28. The van der Waals surface area contributed by atoms with Crippen molar-refractivity contribution in [2.24, 2.45) is 5.92 Å². The summed E-state index contributed by atoms with van der Waals surface area (Å²) in [5.41, 5.74) is 1.10. The van der Waals surface area contributed by atoms with Gasteiger partial charge in [-0.25, -0.2) is 26.3 Å². The van der Waals surface area contributed by atoms with Crippen LogP contribution in [0, 0.1) is 11.7 Å². The number of alkyl halides is 2. The molecule has 5 nitrogen and oxygen atoms in total. The topological polar surface area (TPSA) is 66.5 Å². The molecule has 0 unspecified atom stereocenters. The van der Waals surface area contributed by atoms with Crippen LogP contribution in [0.1, 0.15) is 32.3 Å². The highest BCUT2D eigenvalue weighted by molar-refractivity contribution is 7.90. The molecule has 0 aromatic heterocycles. The number of hydrogen-bond acceptors (Lipinski definition) is 3. The first-order valence-electron chi connectivity index (χ1n) is 11.0. The van der Waals surface area contributed by atoms with Crippen LogP contribution in [0.25, 0.3) is 11.1 Å². The minimum Gasteiger partial charge on any atom is -0.331 e. The third kappa shape index (κ3) is 4.80. The van der Waals surface area contributed by atoms with E-state index < -0.39 is 57.5 Å². The maximum Gasteiger partial charge on any atom is 0.283 e. The highest BCUT2D eigenvalue weighted by Gasteiger charge is 2.58. The summed E-state index contributed by atoms with van der Waals surface area (Å²) in [6, 6.07) is 10.5. The SMILES string of the molecule is CC(C)C(=O)N1CC(F)(F)[C@H](NS(=O)(=O)C2CC2)[C@@H]1Cc1cccc(-c2ccccc2)c1F. The average molecular weight is 481 g/mol. The van der Waals surface area contributed by atoms with Gasteiger partial charge in [0.1, 0.15) is 11.9 Å². The molecule has 2 aromatic rings. The number of rotatable bonds is 7. The standard InChI is InChI=1S/C24H27F3N2O3S/c1-15(2)23(30)29-14-24(26,27)22(28-33(31,32)18-11-12-18)20(29)13-17-9-6-10-19(21(17)25)16-7-4-3-5-8-16/h3-10,15,18,20,22,28H,11-14H2,1-2H3/t20-,22+/m0/s1. The summed E-state index contributed by atoms with van der Waals surface area (Å²) in [4.78, 5) is 13.8. The molecule has 2 aliphatic rings. The number of likely N-dealkylation sites (tertiary alicyclic amines) is 1. The molecule has 1 aliphatic carbocycles. The molecule has 4 rings (SSSR count). The van der Waals surface area contributed by atoms with Crippen LogP contribution in [0.15, 0.2) is 48.5 Å². The fourth-order valence-electron chi connectivity index (χ4n) is 4.32. The molecule has 2 fully saturated rings. The van der Waals surface area contributed by atoms with Crippen LogP contribution < -0.4 is 4.72 Å². The van der Waals surface area contributed by atoms with Gasteiger partial charge in [-0.1, -0.05) is 62.4 Å². The summed E-state index contributed by atoms with van der Waals surface area (Å²) < 4.78 is 72.9. The van der Waals surface area contributed by atoms with E-state index in [1.165, 1.54) is 6.07 Å². The van der Waals surface area contributed by atoms with Gasteiger partial charge in [-0.15, -0.1) is 0 Å². The molecule has 1 heterocycles. The molecule has 2 aromatic carbocycles. The minimum absolute atomic E-state index is 0.149. The Kier molecular flexibility index (Phi) is 6.30.